The normalized spacial score (nSPS) is 20.6. The highest BCUT2D eigenvalue weighted by molar-refractivity contribution is 5.22. The molecular formula is C24H35N. The van der Waals surface area contributed by atoms with E-state index in [9.17, 15) is 0 Å². The Morgan fingerprint density at radius 1 is 0.920 bits per heavy atom. The zero-order chi connectivity index (χ0) is 17.7. The quantitative estimate of drug-likeness (QED) is 0.332. The standard InChI is InChI=1S/C24H35N/c1-2-3-4-8-21-12-14-22(15-13-21)9-5-6-10-23-16-18-24(19-17-23)11-7-20-25/h7,11-15,23-24H,2-6,8-10,16-19H2,1H3/t23-,24-. The van der Waals surface area contributed by atoms with Gasteiger partial charge in [-0.15, -0.1) is 0 Å². The molecule has 136 valence electrons. The van der Waals surface area contributed by atoms with Gasteiger partial charge in [0.15, 0.2) is 0 Å². The van der Waals surface area contributed by atoms with E-state index in [4.69, 9.17) is 5.26 Å². The summed E-state index contributed by atoms with van der Waals surface area (Å²) in [5.74, 6) is 1.58. The molecule has 1 aliphatic rings. The van der Waals surface area contributed by atoms with Crippen LogP contribution in [0.5, 0.6) is 0 Å². The summed E-state index contributed by atoms with van der Waals surface area (Å²) in [6.45, 7) is 2.26. The SMILES string of the molecule is CCCCCc1ccc(CCCC[C@H]2CC[C@H](C=CC#N)CC2)cc1. The molecule has 1 aliphatic carbocycles. The van der Waals surface area contributed by atoms with Crippen LogP contribution in [-0.4, -0.2) is 0 Å². The molecule has 0 atom stereocenters. The summed E-state index contributed by atoms with van der Waals surface area (Å²) in [5, 5.41) is 8.61. The summed E-state index contributed by atoms with van der Waals surface area (Å²) in [6, 6.07) is 11.5. The molecule has 0 unspecified atom stereocenters. The Kier molecular flexibility index (Phi) is 9.42. The van der Waals surface area contributed by atoms with Gasteiger partial charge in [-0.1, -0.05) is 62.9 Å². The molecule has 0 aliphatic heterocycles. The highest BCUT2D eigenvalue weighted by Crippen LogP contribution is 2.32. The summed E-state index contributed by atoms with van der Waals surface area (Å²) in [7, 11) is 0. The Labute approximate surface area is 155 Å². The molecule has 0 amide bonds. The predicted molar refractivity (Wildman–Crippen MR) is 107 cm³/mol. The highest BCUT2D eigenvalue weighted by Gasteiger charge is 2.18. The number of rotatable bonds is 10. The molecular weight excluding hydrogens is 302 g/mol. The molecule has 0 heterocycles. The molecule has 25 heavy (non-hydrogen) atoms. The third-order valence-corrected chi connectivity index (χ3v) is 5.75. The van der Waals surface area contributed by atoms with Crippen molar-refractivity contribution < 1.29 is 0 Å². The molecule has 0 saturated heterocycles. The van der Waals surface area contributed by atoms with Crippen LogP contribution in [0.2, 0.25) is 0 Å². The number of hydrogen-bond acceptors (Lipinski definition) is 1. The van der Waals surface area contributed by atoms with E-state index in [1.54, 1.807) is 6.08 Å². The van der Waals surface area contributed by atoms with E-state index < -0.39 is 0 Å². The van der Waals surface area contributed by atoms with Crippen LogP contribution in [0.4, 0.5) is 0 Å². The predicted octanol–water partition coefficient (Wildman–Crippen LogP) is 7.02. The minimum atomic E-state index is 0.659. The van der Waals surface area contributed by atoms with Crippen LogP contribution in [0, 0.1) is 23.2 Å². The summed E-state index contributed by atoms with van der Waals surface area (Å²) in [6.07, 6.45) is 19.6. The van der Waals surface area contributed by atoms with Gasteiger partial charge in [0.1, 0.15) is 0 Å². The average molecular weight is 338 g/mol. The highest BCUT2D eigenvalue weighted by atomic mass is 14.3. The molecule has 1 aromatic rings. The Balaban J connectivity index is 1.57. The second kappa shape index (κ2) is 11.9. The van der Waals surface area contributed by atoms with Crippen LogP contribution in [0.15, 0.2) is 36.4 Å². The minimum Gasteiger partial charge on any atom is -0.193 e. The van der Waals surface area contributed by atoms with Gasteiger partial charge in [-0.2, -0.15) is 5.26 Å². The average Bonchev–Trinajstić information content (AvgIpc) is 2.66. The molecule has 0 N–H and O–H groups in total. The number of hydrogen-bond donors (Lipinski definition) is 0. The fourth-order valence-corrected chi connectivity index (χ4v) is 4.06. The zero-order valence-electron chi connectivity index (χ0n) is 16.1. The fraction of sp³-hybridized carbons (Fsp3) is 0.625. The molecule has 1 aromatic carbocycles. The number of unbranched alkanes of at least 4 members (excludes halogenated alkanes) is 3. The number of aryl methyl sites for hydroxylation is 2. The van der Waals surface area contributed by atoms with Crippen LogP contribution in [-0.2, 0) is 12.8 Å². The number of nitriles is 1. The van der Waals surface area contributed by atoms with Gasteiger partial charge in [-0.3, -0.25) is 0 Å². The first-order chi connectivity index (χ1) is 12.3. The first kappa shape index (κ1) is 19.8. The van der Waals surface area contributed by atoms with Crippen molar-refractivity contribution in [2.45, 2.75) is 84.0 Å². The Morgan fingerprint density at radius 3 is 2.08 bits per heavy atom. The molecule has 1 heteroatoms. The minimum absolute atomic E-state index is 0.659. The lowest BCUT2D eigenvalue weighted by atomic mass is 9.79. The van der Waals surface area contributed by atoms with Crippen molar-refractivity contribution in [1.82, 2.24) is 0 Å². The molecule has 0 radical (unpaired) electrons. The van der Waals surface area contributed by atoms with Crippen molar-refractivity contribution >= 4 is 0 Å². The van der Waals surface area contributed by atoms with E-state index >= 15 is 0 Å². The Morgan fingerprint density at radius 2 is 1.52 bits per heavy atom. The van der Waals surface area contributed by atoms with Crippen LogP contribution in [0.3, 0.4) is 0 Å². The molecule has 0 bridgehead atoms. The van der Waals surface area contributed by atoms with Crippen molar-refractivity contribution in [3.63, 3.8) is 0 Å². The van der Waals surface area contributed by atoms with Gasteiger partial charge in [0.25, 0.3) is 0 Å². The van der Waals surface area contributed by atoms with Gasteiger partial charge in [-0.05, 0) is 74.3 Å². The summed E-state index contributed by atoms with van der Waals surface area (Å²) in [4.78, 5) is 0. The number of benzene rings is 1. The third-order valence-electron chi connectivity index (χ3n) is 5.75. The van der Waals surface area contributed by atoms with E-state index in [-0.39, 0.29) is 0 Å². The molecule has 1 nitrogen and oxygen atoms in total. The molecule has 1 fully saturated rings. The first-order valence-electron chi connectivity index (χ1n) is 10.5. The monoisotopic (exact) mass is 337 g/mol. The Bertz CT molecular complexity index is 526. The van der Waals surface area contributed by atoms with Crippen molar-refractivity contribution in [3.8, 4) is 6.07 Å². The summed E-state index contributed by atoms with van der Waals surface area (Å²) >= 11 is 0. The Hall–Kier alpha value is -1.55. The van der Waals surface area contributed by atoms with Gasteiger partial charge in [0, 0.05) is 6.08 Å². The zero-order valence-corrected chi connectivity index (χ0v) is 16.1. The first-order valence-corrected chi connectivity index (χ1v) is 10.5. The lowest BCUT2D eigenvalue weighted by molar-refractivity contribution is 0.289. The molecule has 1 saturated carbocycles. The van der Waals surface area contributed by atoms with Crippen molar-refractivity contribution in [2.24, 2.45) is 11.8 Å². The van der Waals surface area contributed by atoms with Crippen LogP contribution in [0.25, 0.3) is 0 Å². The molecule has 0 spiro atoms. The number of nitrogens with zero attached hydrogens (tertiary/aromatic N) is 1. The van der Waals surface area contributed by atoms with Crippen LogP contribution in [0.1, 0.15) is 82.3 Å². The van der Waals surface area contributed by atoms with E-state index in [1.165, 1.54) is 88.2 Å². The number of allylic oxidation sites excluding steroid dienone is 2. The maximum absolute atomic E-state index is 8.61. The van der Waals surface area contributed by atoms with E-state index in [1.807, 2.05) is 0 Å². The van der Waals surface area contributed by atoms with E-state index in [2.05, 4.69) is 43.3 Å². The van der Waals surface area contributed by atoms with Gasteiger partial charge >= 0.3 is 0 Å². The van der Waals surface area contributed by atoms with Gasteiger partial charge in [0.2, 0.25) is 0 Å². The molecule has 0 aromatic heterocycles. The maximum atomic E-state index is 8.61. The lowest BCUT2D eigenvalue weighted by Crippen LogP contribution is -2.13. The smallest absolute Gasteiger partial charge is 0.0908 e. The van der Waals surface area contributed by atoms with Crippen molar-refractivity contribution in [2.75, 3.05) is 0 Å². The topological polar surface area (TPSA) is 23.8 Å². The molecule has 2 rings (SSSR count). The van der Waals surface area contributed by atoms with Crippen LogP contribution >= 0.6 is 0 Å². The van der Waals surface area contributed by atoms with E-state index in [0.29, 0.717) is 5.92 Å². The third kappa shape index (κ3) is 7.91. The van der Waals surface area contributed by atoms with Gasteiger partial charge in [-0.25, -0.2) is 0 Å². The second-order valence-electron chi connectivity index (χ2n) is 7.79. The second-order valence-corrected chi connectivity index (χ2v) is 7.79. The largest absolute Gasteiger partial charge is 0.193 e. The van der Waals surface area contributed by atoms with Gasteiger partial charge < -0.3 is 0 Å². The lowest BCUT2D eigenvalue weighted by Gasteiger charge is -2.26. The van der Waals surface area contributed by atoms with Gasteiger partial charge in [0.05, 0.1) is 6.07 Å². The summed E-state index contributed by atoms with van der Waals surface area (Å²) < 4.78 is 0. The van der Waals surface area contributed by atoms with E-state index in [0.717, 1.165) is 5.92 Å². The summed E-state index contributed by atoms with van der Waals surface area (Å²) in [5.41, 5.74) is 3.00. The fourth-order valence-electron chi connectivity index (χ4n) is 4.06. The van der Waals surface area contributed by atoms with Crippen molar-refractivity contribution in [3.05, 3.63) is 47.5 Å². The maximum Gasteiger partial charge on any atom is 0.0908 e. The van der Waals surface area contributed by atoms with Crippen LogP contribution < -0.4 is 0 Å². The van der Waals surface area contributed by atoms with Crippen molar-refractivity contribution in [1.29, 1.82) is 5.26 Å².